The molecule has 4 heteroatoms. The van der Waals surface area contributed by atoms with Crippen molar-refractivity contribution in [3.63, 3.8) is 0 Å². The van der Waals surface area contributed by atoms with E-state index in [0.29, 0.717) is 12.0 Å². The quantitative estimate of drug-likeness (QED) is 0.904. The standard InChI is InChI=1S/C15H28N4/c1-11-14(12(2)19(4)17-11)10-18(3)15-8-6-5-7-13(15)9-16/h13,15H,5-10,16H2,1-4H3. The van der Waals surface area contributed by atoms with Gasteiger partial charge in [-0.15, -0.1) is 0 Å². The zero-order valence-corrected chi connectivity index (χ0v) is 12.8. The van der Waals surface area contributed by atoms with Crippen molar-refractivity contribution in [2.75, 3.05) is 13.6 Å². The second kappa shape index (κ2) is 6.06. The molecule has 0 spiro atoms. The Morgan fingerprint density at radius 3 is 2.58 bits per heavy atom. The molecule has 1 saturated carbocycles. The smallest absolute Gasteiger partial charge is 0.0641 e. The first-order valence-corrected chi connectivity index (χ1v) is 7.44. The van der Waals surface area contributed by atoms with E-state index in [1.165, 1.54) is 36.9 Å². The Labute approximate surface area is 117 Å². The Morgan fingerprint density at radius 1 is 1.32 bits per heavy atom. The normalized spacial score (nSPS) is 24.1. The van der Waals surface area contributed by atoms with Crippen molar-refractivity contribution < 1.29 is 0 Å². The number of nitrogens with zero attached hydrogens (tertiary/aromatic N) is 3. The maximum atomic E-state index is 5.95. The topological polar surface area (TPSA) is 47.1 Å². The first kappa shape index (κ1) is 14.5. The highest BCUT2D eigenvalue weighted by atomic mass is 15.3. The fourth-order valence-electron chi connectivity index (χ4n) is 3.46. The third kappa shape index (κ3) is 3.00. The van der Waals surface area contributed by atoms with Crippen molar-refractivity contribution in [2.45, 2.75) is 52.1 Å². The Bertz CT molecular complexity index is 424. The number of hydrogen-bond donors (Lipinski definition) is 1. The zero-order valence-electron chi connectivity index (χ0n) is 12.8. The minimum Gasteiger partial charge on any atom is -0.330 e. The molecule has 1 fully saturated rings. The van der Waals surface area contributed by atoms with Crippen LogP contribution in [0.5, 0.6) is 0 Å². The first-order valence-electron chi connectivity index (χ1n) is 7.44. The molecule has 0 saturated heterocycles. The third-order valence-electron chi connectivity index (χ3n) is 4.80. The van der Waals surface area contributed by atoms with E-state index in [2.05, 4.69) is 30.9 Å². The van der Waals surface area contributed by atoms with Crippen molar-refractivity contribution in [3.05, 3.63) is 17.0 Å². The van der Waals surface area contributed by atoms with E-state index in [0.717, 1.165) is 18.8 Å². The molecule has 0 bridgehead atoms. The largest absolute Gasteiger partial charge is 0.330 e. The summed E-state index contributed by atoms with van der Waals surface area (Å²) >= 11 is 0. The summed E-state index contributed by atoms with van der Waals surface area (Å²) < 4.78 is 1.99. The molecule has 1 aromatic rings. The van der Waals surface area contributed by atoms with Crippen LogP contribution in [-0.4, -0.2) is 34.3 Å². The van der Waals surface area contributed by atoms with Crippen LogP contribution in [0.25, 0.3) is 0 Å². The van der Waals surface area contributed by atoms with Crippen molar-refractivity contribution in [1.82, 2.24) is 14.7 Å². The molecule has 0 amide bonds. The second-order valence-electron chi connectivity index (χ2n) is 6.04. The van der Waals surface area contributed by atoms with Gasteiger partial charge < -0.3 is 5.73 Å². The molecule has 19 heavy (non-hydrogen) atoms. The molecule has 0 radical (unpaired) electrons. The molecule has 108 valence electrons. The molecule has 0 aliphatic heterocycles. The number of rotatable bonds is 4. The van der Waals surface area contributed by atoms with E-state index < -0.39 is 0 Å². The lowest BCUT2D eigenvalue weighted by Crippen LogP contribution is -2.42. The van der Waals surface area contributed by atoms with Crippen LogP contribution < -0.4 is 5.73 Å². The Hall–Kier alpha value is -0.870. The van der Waals surface area contributed by atoms with Gasteiger partial charge >= 0.3 is 0 Å². The molecule has 2 rings (SSSR count). The van der Waals surface area contributed by atoms with Gasteiger partial charge in [0.05, 0.1) is 5.69 Å². The molecular weight excluding hydrogens is 236 g/mol. The van der Waals surface area contributed by atoms with Crippen LogP contribution in [0, 0.1) is 19.8 Å². The lowest BCUT2D eigenvalue weighted by Gasteiger charge is -2.37. The van der Waals surface area contributed by atoms with Crippen molar-refractivity contribution in [2.24, 2.45) is 18.7 Å². The van der Waals surface area contributed by atoms with E-state index in [9.17, 15) is 0 Å². The molecule has 0 aromatic carbocycles. The van der Waals surface area contributed by atoms with E-state index in [-0.39, 0.29) is 0 Å². The summed E-state index contributed by atoms with van der Waals surface area (Å²) in [7, 11) is 4.26. The lowest BCUT2D eigenvalue weighted by molar-refractivity contribution is 0.127. The highest BCUT2D eigenvalue weighted by Crippen LogP contribution is 2.28. The summed E-state index contributed by atoms with van der Waals surface area (Å²) in [6.45, 7) is 6.08. The van der Waals surface area contributed by atoms with Gasteiger partial charge in [-0.25, -0.2) is 0 Å². The van der Waals surface area contributed by atoms with Crippen LogP contribution in [0.3, 0.4) is 0 Å². The molecule has 2 unspecified atom stereocenters. The van der Waals surface area contributed by atoms with Crippen LogP contribution >= 0.6 is 0 Å². The van der Waals surface area contributed by atoms with Crippen LogP contribution in [0.4, 0.5) is 0 Å². The summed E-state index contributed by atoms with van der Waals surface area (Å²) in [4.78, 5) is 2.49. The van der Waals surface area contributed by atoms with E-state index in [1.807, 2.05) is 11.7 Å². The molecule has 2 atom stereocenters. The van der Waals surface area contributed by atoms with Gasteiger partial charge in [0.25, 0.3) is 0 Å². The van der Waals surface area contributed by atoms with Crippen molar-refractivity contribution in [3.8, 4) is 0 Å². The monoisotopic (exact) mass is 264 g/mol. The van der Waals surface area contributed by atoms with E-state index >= 15 is 0 Å². The van der Waals surface area contributed by atoms with Crippen molar-refractivity contribution in [1.29, 1.82) is 0 Å². The van der Waals surface area contributed by atoms with Gasteiger partial charge in [0, 0.05) is 30.9 Å². The molecule has 1 aromatic heterocycles. The molecular formula is C15H28N4. The minimum atomic E-state index is 0.637. The minimum absolute atomic E-state index is 0.637. The summed E-state index contributed by atoms with van der Waals surface area (Å²) in [6, 6.07) is 0.637. The summed E-state index contributed by atoms with van der Waals surface area (Å²) in [5.74, 6) is 0.663. The van der Waals surface area contributed by atoms with E-state index in [1.54, 1.807) is 0 Å². The van der Waals surface area contributed by atoms with Crippen LogP contribution in [0.1, 0.15) is 42.6 Å². The van der Waals surface area contributed by atoms with Gasteiger partial charge in [-0.05, 0) is 46.2 Å². The lowest BCUT2D eigenvalue weighted by atomic mass is 9.83. The fourth-order valence-corrected chi connectivity index (χ4v) is 3.46. The van der Waals surface area contributed by atoms with Gasteiger partial charge in [0.2, 0.25) is 0 Å². The van der Waals surface area contributed by atoms with Gasteiger partial charge in [-0.3, -0.25) is 9.58 Å². The summed E-state index contributed by atoms with van der Waals surface area (Å²) in [6.07, 6.45) is 5.26. The van der Waals surface area contributed by atoms with Gasteiger partial charge in [-0.1, -0.05) is 12.8 Å². The second-order valence-corrected chi connectivity index (χ2v) is 6.04. The highest BCUT2D eigenvalue weighted by molar-refractivity contribution is 5.24. The molecule has 2 N–H and O–H groups in total. The Kier molecular flexibility index (Phi) is 4.63. The molecule has 4 nitrogen and oxygen atoms in total. The number of hydrogen-bond acceptors (Lipinski definition) is 3. The average Bonchev–Trinajstić information content (AvgIpc) is 2.65. The molecule has 1 aliphatic rings. The maximum absolute atomic E-state index is 5.95. The maximum Gasteiger partial charge on any atom is 0.0641 e. The molecule has 1 heterocycles. The highest BCUT2D eigenvalue weighted by Gasteiger charge is 2.28. The fraction of sp³-hybridized carbons (Fsp3) is 0.800. The SMILES string of the molecule is Cc1nn(C)c(C)c1CN(C)C1CCCCC1CN. The van der Waals surface area contributed by atoms with Gasteiger partial charge in [0.1, 0.15) is 0 Å². The Balaban J connectivity index is 2.09. The van der Waals surface area contributed by atoms with E-state index in [4.69, 9.17) is 5.73 Å². The number of aromatic nitrogens is 2. The van der Waals surface area contributed by atoms with Crippen LogP contribution in [0.2, 0.25) is 0 Å². The van der Waals surface area contributed by atoms with Crippen LogP contribution in [0.15, 0.2) is 0 Å². The predicted molar refractivity (Wildman–Crippen MR) is 78.9 cm³/mol. The summed E-state index contributed by atoms with van der Waals surface area (Å²) in [5.41, 5.74) is 9.77. The molecule has 1 aliphatic carbocycles. The van der Waals surface area contributed by atoms with Crippen molar-refractivity contribution >= 4 is 0 Å². The summed E-state index contributed by atoms with van der Waals surface area (Å²) in [5, 5.41) is 4.51. The zero-order chi connectivity index (χ0) is 14.0. The number of nitrogens with two attached hydrogens (primary N) is 1. The van der Waals surface area contributed by atoms with Gasteiger partial charge in [-0.2, -0.15) is 5.10 Å². The average molecular weight is 264 g/mol. The predicted octanol–water partition coefficient (Wildman–Crippen LogP) is 1.99. The Morgan fingerprint density at radius 2 is 2.00 bits per heavy atom. The van der Waals surface area contributed by atoms with Gasteiger partial charge in [0.15, 0.2) is 0 Å². The van der Waals surface area contributed by atoms with Crippen LogP contribution in [-0.2, 0) is 13.6 Å². The third-order valence-corrected chi connectivity index (χ3v) is 4.80. The number of aryl methyl sites for hydroxylation is 2. The first-order chi connectivity index (χ1) is 9.04.